The quantitative estimate of drug-likeness (QED) is 0.531. The Morgan fingerprint density at radius 3 is 1.14 bits per heavy atom. The molecule has 0 aliphatic carbocycles. The molecule has 154 valence electrons. The predicted molar refractivity (Wildman–Crippen MR) is 123 cm³/mol. The minimum absolute atomic E-state index is 0. The Hall–Kier alpha value is 0.415. The van der Waals surface area contributed by atoms with E-state index in [1.54, 1.807) is 0 Å². The summed E-state index contributed by atoms with van der Waals surface area (Å²) in [6.07, 6.45) is 4.45. The van der Waals surface area contributed by atoms with Crippen molar-refractivity contribution in [2.24, 2.45) is 11.8 Å². The van der Waals surface area contributed by atoms with Crippen molar-refractivity contribution in [3.8, 4) is 0 Å². The van der Waals surface area contributed by atoms with Crippen LogP contribution in [0.5, 0.6) is 0 Å². The van der Waals surface area contributed by atoms with Gasteiger partial charge in [0.15, 0.2) is 0 Å². The third kappa shape index (κ3) is 16.2. The molecule has 0 aromatic heterocycles. The van der Waals surface area contributed by atoms with Gasteiger partial charge in [-0.25, -0.2) is 0 Å². The summed E-state index contributed by atoms with van der Waals surface area (Å²) in [4.78, 5) is 0. The van der Waals surface area contributed by atoms with Crippen LogP contribution in [0.25, 0.3) is 0 Å². The first-order valence-electron chi connectivity index (χ1n) is 10.6. The van der Waals surface area contributed by atoms with Crippen LogP contribution < -0.4 is 37.7 Å². The van der Waals surface area contributed by atoms with E-state index in [0.29, 0.717) is 0 Å². The average molecular weight is 375 g/mol. The van der Waals surface area contributed by atoms with Crippen molar-refractivity contribution in [2.45, 2.75) is 106 Å². The molecular formula is C26H48Li2. The first-order valence-corrected chi connectivity index (χ1v) is 10.6. The Bertz CT molecular complexity index is 420. The fourth-order valence-corrected chi connectivity index (χ4v) is 1.65. The maximum atomic E-state index is 4.03. The second kappa shape index (κ2) is 18.2. The van der Waals surface area contributed by atoms with Gasteiger partial charge in [0.05, 0.1) is 0 Å². The molecule has 0 saturated heterocycles. The molecule has 0 aliphatic rings. The van der Waals surface area contributed by atoms with E-state index < -0.39 is 0 Å². The standard InChI is InChI=1S/C16H24.2C5H12.2Li/c1-7-15(3,4)13-10-9-11-14(12-13)16(5,6)8-2;2*1-4-5(2)3;;/h9-12H,1-2,7-8H2,3-6H3;2*5H,4H2,1-3H3;;/q-2;;;2*+1. The summed E-state index contributed by atoms with van der Waals surface area (Å²) in [5, 5.41) is 0. The molecule has 0 N–H and O–H groups in total. The Labute approximate surface area is 203 Å². The summed E-state index contributed by atoms with van der Waals surface area (Å²) in [5.74, 6) is 1.77. The summed E-state index contributed by atoms with van der Waals surface area (Å²) in [5.41, 5.74) is 3.07. The van der Waals surface area contributed by atoms with Gasteiger partial charge in [-0.05, 0) is 33.8 Å². The predicted octanol–water partition coefficient (Wildman–Crippen LogP) is 2.80. The third-order valence-electron chi connectivity index (χ3n) is 5.31. The third-order valence-corrected chi connectivity index (χ3v) is 5.31. The molecule has 0 heterocycles. The molecule has 0 amide bonds. The van der Waals surface area contributed by atoms with E-state index in [1.807, 2.05) is 0 Å². The van der Waals surface area contributed by atoms with Crippen LogP contribution in [0.15, 0.2) is 24.3 Å². The number of hydrogen-bond donors (Lipinski definition) is 0. The minimum Gasteiger partial charge on any atom is -0.342 e. The van der Waals surface area contributed by atoms with Crippen LogP contribution in [-0.2, 0) is 10.8 Å². The molecule has 0 radical (unpaired) electrons. The van der Waals surface area contributed by atoms with Gasteiger partial charge in [0.1, 0.15) is 0 Å². The molecule has 28 heavy (non-hydrogen) atoms. The van der Waals surface area contributed by atoms with Crippen molar-refractivity contribution in [1.82, 2.24) is 0 Å². The van der Waals surface area contributed by atoms with Crippen LogP contribution in [0.3, 0.4) is 0 Å². The molecule has 1 aromatic carbocycles. The minimum atomic E-state index is 0. The van der Waals surface area contributed by atoms with Gasteiger partial charge >= 0.3 is 37.7 Å². The molecule has 0 unspecified atom stereocenters. The van der Waals surface area contributed by atoms with Crippen molar-refractivity contribution in [1.29, 1.82) is 0 Å². The zero-order chi connectivity index (χ0) is 21.0. The largest absolute Gasteiger partial charge is 1.00 e. The summed E-state index contributed by atoms with van der Waals surface area (Å²) in [6.45, 7) is 30.3. The number of rotatable bonds is 6. The van der Waals surface area contributed by atoms with Gasteiger partial charge in [0.2, 0.25) is 0 Å². The zero-order valence-electron chi connectivity index (χ0n) is 21.7. The summed E-state index contributed by atoms with van der Waals surface area (Å²) >= 11 is 0. The Balaban J connectivity index is -0.000000202. The molecule has 2 heteroatoms. The summed E-state index contributed by atoms with van der Waals surface area (Å²) in [7, 11) is 0. The van der Waals surface area contributed by atoms with Crippen LogP contribution in [0.1, 0.15) is 106 Å². The Kier molecular flexibility index (Phi) is 23.3. The van der Waals surface area contributed by atoms with Gasteiger partial charge in [0.25, 0.3) is 0 Å². The molecule has 0 aliphatic heterocycles. The fraction of sp³-hybridized carbons (Fsp3) is 0.692. The molecule has 1 aromatic rings. The van der Waals surface area contributed by atoms with E-state index in [4.69, 9.17) is 0 Å². The van der Waals surface area contributed by atoms with Crippen molar-refractivity contribution < 1.29 is 37.7 Å². The van der Waals surface area contributed by atoms with Crippen LogP contribution >= 0.6 is 0 Å². The maximum Gasteiger partial charge on any atom is 1.00 e. The second-order valence-corrected chi connectivity index (χ2v) is 9.45. The summed E-state index contributed by atoms with van der Waals surface area (Å²) < 4.78 is 0. The van der Waals surface area contributed by atoms with Crippen molar-refractivity contribution >= 4 is 0 Å². The molecule has 0 fully saturated rings. The van der Waals surface area contributed by atoms with Crippen LogP contribution in [-0.4, -0.2) is 0 Å². The normalized spacial score (nSPS) is 10.8. The first kappa shape index (κ1) is 35.8. The summed E-state index contributed by atoms with van der Waals surface area (Å²) in [6, 6.07) is 8.87. The van der Waals surface area contributed by atoms with Crippen molar-refractivity contribution in [3.05, 3.63) is 49.2 Å². The average Bonchev–Trinajstić information content (AvgIpc) is 2.62. The second-order valence-electron chi connectivity index (χ2n) is 9.45. The van der Waals surface area contributed by atoms with E-state index in [9.17, 15) is 0 Å². The van der Waals surface area contributed by atoms with E-state index in [-0.39, 0.29) is 48.6 Å². The van der Waals surface area contributed by atoms with Crippen molar-refractivity contribution in [3.63, 3.8) is 0 Å². The Morgan fingerprint density at radius 1 is 0.714 bits per heavy atom. The van der Waals surface area contributed by atoms with Crippen molar-refractivity contribution in [2.75, 3.05) is 0 Å². The first-order chi connectivity index (χ1) is 11.9. The van der Waals surface area contributed by atoms with Gasteiger partial charge < -0.3 is 13.8 Å². The Morgan fingerprint density at radius 2 is 0.964 bits per heavy atom. The SMILES string of the molecule is CCC(C)C.CCC(C)C.[CH2-]CC(C)(C)c1cccc(C(C)(C)C[CH2-])c1.[Li+].[Li+]. The fourth-order valence-electron chi connectivity index (χ4n) is 1.65. The number of hydrogen-bond acceptors (Lipinski definition) is 0. The molecule has 0 spiro atoms. The monoisotopic (exact) mass is 374 g/mol. The molecular weight excluding hydrogens is 326 g/mol. The van der Waals surface area contributed by atoms with Gasteiger partial charge in [-0.15, -0.1) is 0 Å². The van der Waals surface area contributed by atoms with E-state index in [2.05, 4.69) is 107 Å². The van der Waals surface area contributed by atoms with Crippen LogP contribution in [0, 0.1) is 25.7 Å². The molecule has 0 nitrogen and oxygen atoms in total. The van der Waals surface area contributed by atoms with Crippen LogP contribution in [0.2, 0.25) is 0 Å². The topological polar surface area (TPSA) is 0 Å². The van der Waals surface area contributed by atoms with E-state index >= 15 is 0 Å². The van der Waals surface area contributed by atoms with E-state index in [1.165, 1.54) is 24.0 Å². The zero-order valence-corrected chi connectivity index (χ0v) is 21.7. The van der Waals surface area contributed by atoms with Gasteiger partial charge in [-0.2, -0.15) is 12.8 Å². The van der Waals surface area contributed by atoms with Crippen LogP contribution in [0.4, 0.5) is 0 Å². The molecule has 0 atom stereocenters. The van der Waals surface area contributed by atoms with Gasteiger partial charge in [-0.3, -0.25) is 0 Å². The molecule has 1 rings (SSSR count). The number of benzene rings is 1. The molecule has 0 saturated carbocycles. The smallest absolute Gasteiger partial charge is 0.342 e. The van der Waals surface area contributed by atoms with Gasteiger partial charge in [-0.1, -0.05) is 106 Å². The molecule has 0 bridgehead atoms. The van der Waals surface area contributed by atoms with E-state index in [0.717, 1.165) is 24.7 Å². The maximum absolute atomic E-state index is 4.03. The van der Waals surface area contributed by atoms with Gasteiger partial charge in [0, 0.05) is 0 Å².